The number of hydrogen-bond donors (Lipinski definition) is 1. The van der Waals surface area contributed by atoms with Crippen LogP contribution < -0.4 is 5.32 Å². The average Bonchev–Trinajstić information content (AvgIpc) is 2.37. The molecular weight excluding hydrogens is 224 g/mol. The van der Waals surface area contributed by atoms with Crippen molar-refractivity contribution >= 4 is 0 Å². The third-order valence-electron chi connectivity index (χ3n) is 4.23. The van der Waals surface area contributed by atoms with Crippen molar-refractivity contribution in [1.29, 1.82) is 0 Å². The van der Waals surface area contributed by atoms with Crippen molar-refractivity contribution < 1.29 is 4.74 Å². The predicted molar refractivity (Wildman–Crippen MR) is 77.9 cm³/mol. The van der Waals surface area contributed by atoms with E-state index >= 15 is 0 Å². The fraction of sp³-hybridized carbons (Fsp3) is 1.00. The van der Waals surface area contributed by atoms with E-state index in [-0.39, 0.29) is 0 Å². The minimum atomic E-state index is 0.489. The Morgan fingerprint density at radius 2 is 1.72 bits per heavy atom. The first kappa shape index (κ1) is 15.9. The molecular formula is C15H32N2O. The summed E-state index contributed by atoms with van der Waals surface area (Å²) in [5.41, 5.74) is 0. The topological polar surface area (TPSA) is 24.5 Å². The van der Waals surface area contributed by atoms with Crippen LogP contribution in [0.5, 0.6) is 0 Å². The van der Waals surface area contributed by atoms with Crippen molar-refractivity contribution in [2.75, 3.05) is 33.3 Å². The number of ether oxygens (including phenoxy) is 1. The van der Waals surface area contributed by atoms with Crippen LogP contribution in [0.15, 0.2) is 0 Å². The molecule has 1 fully saturated rings. The van der Waals surface area contributed by atoms with Gasteiger partial charge in [0.1, 0.15) is 0 Å². The number of nitrogens with zero attached hydrogens (tertiary/aromatic N) is 1. The van der Waals surface area contributed by atoms with Crippen molar-refractivity contribution in [1.82, 2.24) is 10.2 Å². The molecule has 3 heteroatoms. The molecule has 0 aliphatic carbocycles. The monoisotopic (exact) mass is 256 g/mol. The lowest BCUT2D eigenvalue weighted by molar-refractivity contribution is 0.0215. The van der Waals surface area contributed by atoms with Gasteiger partial charge in [-0.2, -0.15) is 0 Å². The highest BCUT2D eigenvalue weighted by Crippen LogP contribution is 2.18. The molecule has 0 aromatic rings. The van der Waals surface area contributed by atoms with Gasteiger partial charge in [-0.05, 0) is 44.7 Å². The van der Waals surface area contributed by atoms with E-state index < -0.39 is 0 Å². The van der Waals surface area contributed by atoms with Crippen LogP contribution >= 0.6 is 0 Å². The van der Waals surface area contributed by atoms with Gasteiger partial charge in [-0.15, -0.1) is 0 Å². The van der Waals surface area contributed by atoms with Crippen LogP contribution in [0.1, 0.15) is 40.5 Å². The van der Waals surface area contributed by atoms with E-state index in [9.17, 15) is 0 Å². The molecule has 1 rings (SSSR count). The van der Waals surface area contributed by atoms with Gasteiger partial charge in [0.15, 0.2) is 0 Å². The SMILES string of the molecule is COC1CCN(C(C)C(C)CNCC(C)C)CC1. The van der Waals surface area contributed by atoms with Crippen molar-refractivity contribution in [2.24, 2.45) is 11.8 Å². The zero-order chi connectivity index (χ0) is 13.5. The van der Waals surface area contributed by atoms with Crippen LogP contribution in [0.4, 0.5) is 0 Å². The summed E-state index contributed by atoms with van der Waals surface area (Å²) in [4.78, 5) is 2.62. The number of piperidine rings is 1. The lowest BCUT2D eigenvalue weighted by Gasteiger charge is -2.38. The van der Waals surface area contributed by atoms with Gasteiger partial charge in [-0.1, -0.05) is 20.8 Å². The zero-order valence-electron chi connectivity index (χ0n) is 12.9. The summed E-state index contributed by atoms with van der Waals surface area (Å²) >= 11 is 0. The molecule has 0 aromatic heterocycles. The Morgan fingerprint density at radius 3 is 2.22 bits per heavy atom. The van der Waals surface area contributed by atoms with E-state index in [2.05, 4.69) is 37.9 Å². The zero-order valence-corrected chi connectivity index (χ0v) is 12.9. The summed E-state index contributed by atoms with van der Waals surface area (Å²) in [6.07, 6.45) is 2.86. The Morgan fingerprint density at radius 1 is 1.11 bits per heavy atom. The second-order valence-electron chi connectivity index (χ2n) is 6.24. The van der Waals surface area contributed by atoms with E-state index in [1.807, 2.05) is 7.11 Å². The fourth-order valence-electron chi connectivity index (χ4n) is 2.65. The van der Waals surface area contributed by atoms with Crippen LogP contribution in [0, 0.1) is 11.8 Å². The van der Waals surface area contributed by atoms with Gasteiger partial charge in [-0.3, -0.25) is 0 Å². The van der Waals surface area contributed by atoms with Gasteiger partial charge >= 0.3 is 0 Å². The summed E-state index contributed by atoms with van der Waals surface area (Å²) in [7, 11) is 1.84. The Hall–Kier alpha value is -0.120. The maximum absolute atomic E-state index is 5.43. The van der Waals surface area contributed by atoms with Crippen LogP contribution in [0.25, 0.3) is 0 Å². The highest BCUT2D eigenvalue weighted by molar-refractivity contribution is 4.80. The molecule has 0 bridgehead atoms. The molecule has 1 heterocycles. The maximum atomic E-state index is 5.43. The van der Waals surface area contributed by atoms with E-state index in [0.717, 1.165) is 19.0 Å². The lowest BCUT2D eigenvalue weighted by atomic mass is 9.98. The van der Waals surface area contributed by atoms with Gasteiger partial charge in [0.2, 0.25) is 0 Å². The number of rotatable bonds is 7. The molecule has 0 radical (unpaired) electrons. The molecule has 3 nitrogen and oxygen atoms in total. The minimum Gasteiger partial charge on any atom is -0.381 e. The minimum absolute atomic E-state index is 0.489. The molecule has 1 aliphatic heterocycles. The molecule has 0 aromatic carbocycles. The van der Waals surface area contributed by atoms with Crippen LogP contribution in [0.3, 0.4) is 0 Å². The molecule has 18 heavy (non-hydrogen) atoms. The number of nitrogens with one attached hydrogen (secondary N) is 1. The molecule has 1 saturated heterocycles. The first-order chi connectivity index (χ1) is 8.54. The van der Waals surface area contributed by atoms with Gasteiger partial charge < -0.3 is 15.0 Å². The van der Waals surface area contributed by atoms with Gasteiger partial charge in [0, 0.05) is 26.2 Å². The largest absolute Gasteiger partial charge is 0.381 e. The first-order valence-corrected chi connectivity index (χ1v) is 7.52. The molecule has 0 spiro atoms. The van der Waals surface area contributed by atoms with Crippen LogP contribution in [-0.4, -0.2) is 50.3 Å². The van der Waals surface area contributed by atoms with Crippen molar-refractivity contribution in [3.63, 3.8) is 0 Å². The highest BCUT2D eigenvalue weighted by Gasteiger charge is 2.25. The second kappa shape index (κ2) is 8.13. The number of hydrogen-bond acceptors (Lipinski definition) is 3. The van der Waals surface area contributed by atoms with Gasteiger partial charge in [0.25, 0.3) is 0 Å². The third-order valence-corrected chi connectivity index (χ3v) is 4.23. The Kier molecular flexibility index (Phi) is 7.20. The summed E-state index contributed by atoms with van der Waals surface area (Å²) in [5.74, 6) is 1.45. The normalized spacial score (nSPS) is 22.3. The molecule has 2 unspecified atom stereocenters. The average molecular weight is 256 g/mol. The Balaban J connectivity index is 2.24. The third kappa shape index (κ3) is 5.25. The predicted octanol–water partition coefficient (Wildman–Crippen LogP) is 2.37. The molecule has 0 amide bonds. The quantitative estimate of drug-likeness (QED) is 0.757. The lowest BCUT2D eigenvalue weighted by Crippen LogP contribution is -2.46. The van der Waals surface area contributed by atoms with Gasteiger partial charge in [0.05, 0.1) is 6.10 Å². The molecule has 108 valence electrons. The summed E-state index contributed by atoms with van der Waals surface area (Å²) in [6.45, 7) is 13.9. The first-order valence-electron chi connectivity index (χ1n) is 7.52. The van der Waals surface area contributed by atoms with Crippen LogP contribution in [0.2, 0.25) is 0 Å². The van der Waals surface area contributed by atoms with E-state index in [1.165, 1.54) is 25.9 Å². The highest BCUT2D eigenvalue weighted by atomic mass is 16.5. The van der Waals surface area contributed by atoms with E-state index in [1.54, 1.807) is 0 Å². The van der Waals surface area contributed by atoms with Crippen molar-refractivity contribution in [3.8, 4) is 0 Å². The van der Waals surface area contributed by atoms with Gasteiger partial charge in [-0.25, -0.2) is 0 Å². The number of methoxy groups -OCH3 is 1. The van der Waals surface area contributed by atoms with E-state index in [4.69, 9.17) is 4.74 Å². The molecule has 0 saturated carbocycles. The van der Waals surface area contributed by atoms with Crippen molar-refractivity contribution in [2.45, 2.75) is 52.7 Å². The molecule has 2 atom stereocenters. The standard InChI is InChI=1S/C15H32N2O/c1-12(2)10-16-11-13(3)14(4)17-8-6-15(18-5)7-9-17/h12-16H,6-11H2,1-5H3. The Labute approximate surface area is 113 Å². The molecule has 1 N–H and O–H groups in total. The van der Waals surface area contributed by atoms with E-state index in [0.29, 0.717) is 18.1 Å². The summed E-state index contributed by atoms with van der Waals surface area (Å²) < 4.78 is 5.43. The summed E-state index contributed by atoms with van der Waals surface area (Å²) in [5, 5.41) is 3.57. The van der Waals surface area contributed by atoms with Crippen molar-refractivity contribution in [3.05, 3.63) is 0 Å². The summed E-state index contributed by atoms with van der Waals surface area (Å²) in [6, 6.07) is 0.669. The maximum Gasteiger partial charge on any atom is 0.0595 e. The smallest absolute Gasteiger partial charge is 0.0595 e. The fourth-order valence-corrected chi connectivity index (χ4v) is 2.65. The van der Waals surface area contributed by atoms with Crippen LogP contribution in [-0.2, 0) is 4.74 Å². The molecule has 1 aliphatic rings. The second-order valence-corrected chi connectivity index (χ2v) is 6.24. The number of likely N-dealkylation sites (tertiary alicyclic amines) is 1. The Bertz CT molecular complexity index is 213.